The molecular weight excluding hydrogens is 472 g/mol. The molecule has 0 aliphatic heterocycles. The third-order valence-electron chi connectivity index (χ3n) is 4.44. The second kappa shape index (κ2) is 8.98. The van der Waals surface area contributed by atoms with Gasteiger partial charge in [-0.05, 0) is 55.5 Å². The Kier molecular flexibility index (Phi) is 6.16. The maximum atomic E-state index is 12.2. The van der Waals surface area contributed by atoms with Gasteiger partial charge in [-0.15, -0.1) is 0 Å². The van der Waals surface area contributed by atoms with E-state index < -0.39 is 12.1 Å². The van der Waals surface area contributed by atoms with E-state index in [2.05, 4.69) is 15.9 Å². The summed E-state index contributed by atoms with van der Waals surface area (Å²) in [5, 5.41) is 2.59. The average molecular weight is 490 g/mol. The van der Waals surface area contributed by atoms with Gasteiger partial charge in [0, 0.05) is 26.3 Å². The summed E-state index contributed by atoms with van der Waals surface area (Å²) in [5.74, 6) is 0.674. The van der Waals surface area contributed by atoms with E-state index in [1.807, 2.05) is 30.3 Å². The van der Waals surface area contributed by atoms with Gasteiger partial charge in [-0.25, -0.2) is 4.79 Å². The fourth-order valence-electron chi connectivity index (χ4n) is 3.03. The van der Waals surface area contributed by atoms with Crippen molar-refractivity contribution >= 4 is 55.4 Å². The largest absolute Gasteiger partial charge is 0.490 e. The quantitative estimate of drug-likeness (QED) is 0.222. The molecule has 0 radical (unpaired) electrons. The van der Waals surface area contributed by atoms with Crippen molar-refractivity contribution in [2.24, 2.45) is 0 Å². The predicted molar refractivity (Wildman–Crippen MR) is 119 cm³/mol. The van der Waals surface area contributed by atoms with Crippen molar-refractivity contribution in [3.63, 3.8) is 0 Å². The van der Waals surface area contributed by atoms with Crippen LogP contribution in [0.2, 0.25) is 5.02 Å². The zero-order valence-corrected chi connectivity index (χ0v) is 18.4. The maximum absolute atomic E-state index is 12.2. The van der Waals surface area contributed by atoms with Crippen molar-refractivity contribution in [1.82, 2.24) is 0 Å². The lowest BCUT2D eigenvalue weighted by molar-refractivity contribution is -0.151. The Hall–Kier alpha value is -2.70. The molecule has 0 bridgehead atoms. The second-order valence-corrected chi connectivity index (χ2v) is 7.99. The highest BCUT2D eigenvalue weighted by molar-refractivity contribution is 9.10. The summed E-state index contributed by atoms with van der Waals surface area (Å²) in [6, 6.07) is 18.4. The van der Waals surface area contributed by atoms with Crippen LogP contribution < -0.4 is 9.47 Å². The molecule has 0 amide bonds. The number of halogens is 2. The molecule has 30 heavy (non-hydrogen) atoms. The summed E-state index contributed by atoms with van der Waals surface area (Å²) in [6.07, 6.45) is -0.771. The molecule has 4 rings (SSSR count). The fraction of sp³-hybridized carbons (Fsp3) is 0.174. The Morgan fingerprint density at radius 1 is 1.00 bits per heavy atom. The van der Waals surface area contributed by atoms with Crippen molar-refractivity contribution < 1.29 is 23.4 Å². The van der Waals surface area contributed by atoms with Crippen LogP contribution in [0, 0.1) is 0 Å². The maximum Gasteiger partial charge on any atom is 0.347 e. The van der Waals surface area contributed by atoms with Gasteiger partial charge in [0.05, 0.1) is 0 Å². The van der Waals surface area contributed by atoms with E-state index in [1.165, 1.54) is 0 Å². The molecule has 0 aliphatic carbocycles. The summed E-state index contributed by atoms with van der Waals surface area (Å²) in [7, 11) is 0. The smallest absolute Gasteiger partial charge is 0.347 e. The number of fused-ring (bicyclic) bond motifs is 3. The van der Waals surface area contributed by atoms with Gasteiger partial charge >= 0.3 is 5.97 Å². The van der Waals surface area contributed by atoms with Crippen LogP contribution in [0.15, 0.2) is 69.6 Å². The zero-order chi connectivity index (χ0) is 21.1. The number of furan rings is 1. The van der Waals surface area contributed by atoms with Gasteiger partial charge < -0.3 is 18.6 Å². The molecule has 1 heterocycles. The third kappa shape index (κ3) is 4.71. The van der Waals surface area contributed by atoms with E-state index in [9.17, 15) is 4.79 Å². The number of carbonyl (C=O) groups is 1. The van der Waals surface area contributed by atoms with Crippen LogP contribution in [0.25, 0.3) is 21.9 Å². The van der Waals surface area contributed by atoms with Crippen molar-refractivity contribution in [3.8, 4) is 11.5 Å². The summed E-state index contributed by atoms with van der Waals surface area (Å²) in [6.45, 7) is 1.97. The Morgan fingerprint density at radius 2 is 1.77 bits per heavy atom. The average Bonchev–Trinajstić information content (AvgIpc) is 3.07. The number of esters is 1. The number of rotatable bonds is 7. The van der Waals surface area contributed by atoms with E-state index in [-0.39, 0.29) is 13.2 Å². The molecule has 3 aromatic carbocycles. The fourth-order valence-corrected chi connectivity index (χ4v) is 3.55. The minimum absolute atomic E-state index is 0.108. The van der Waals surface area contributed by atoms with E-state index in [1.54, 1.807) is 37.3 Å². The summed E-state index contributed by atoms with van der Waals surface area (Å²) < 4.78 is 23.3. The van der Waals surface area contributed by atoms with Gasteiger partial charge in [0.1, 0.15) is 35.9 Å². The number of hydrogen-bond acceptors (Lipinski definition) is 5. The van der Waals surface area contributed by atoms with Crippen molar-refractivity contribution in [2.75, 3.05) is 13.2 Å². The number of benzene rings is 3. The first-order valence-corrected chi connectivity index (χ1v) is 10.5. The van der Waals surface area contributed by atoms with Crippen LogP contribution in [0.4, 0.5) is 0 Å². The van der Waals surface area contributed by atoms with E-state index in [0.717, 1.165) is 20.8 Å². The molecule has 0 saturated heterocycles. The van der Waals surface area contributed by atoms with Gasteiger partial charge in [-0.3, -0.25) is 0 Å². The van der Waals surface area contributed by atoms with Crippen molar-refractivity contribution in [3.05, 3.63) is 70.2 Å². The lowest BCUT2D eigenvalue weighted by atomic mass is 10.1. The van der Waals surface area contributed by atoms with E-state index in [4.69, 9.17) is 30.2 Å². The third-order valence-corrected chi connectivity index (χ3v) is 5.17. The first kappa shape index (κ1) is 20.6. The molecule has 0 spiro atoms. The highest BCUT2D eigenvalue weighted by Gasteiger charge is 2.17. The molecule has 5 nitrogen and oxygen atoms in total. The van der Waals surface area contributed by atoms with Crippen molar-refractivity contribution in [2.45, 2.75) is 13.0 Å². The molecule has 1 unspecified atom stereocenters. The van der Waals surface area contributed by atoms with Gasteiger partial charge in [-0.2, -0.15) is 0 Å². The normalized spacial score (nSPS) is 12.1. The van der Waals surface area contributed by atoms with Crippen LogP contribution in [-0.2, 0) is 9.53 Å². The second-order valence-electron chi connectivity index (χ2n) is 6.63. The van der Waals surface area contributed by atoms with Crippen LogP contribution in [0.1, 0.15) is 6.92 Å². The Labute approximate surface area is 186 Å². The molecular formula is C23H18BrClO5. The highest BCUT2D eigenvalue weighted by Crippen LogP contribution is 2.33. The standard InChI is InChI=1S/C23H18BrClO5/c1-14(23(26)28-10-9-27-17-4-2-3-16(25)12-17)29-18-6-8-20-19-7-5-15(24)11-21(19)30-22(20)13-18/h2-8,11-14H,9-10H2,1H3. The summed E-state index contributed by atoms with van der Waals surface area (Å²) in [4.78, 5) is 12.2. The minimum Gasteiger partial charge on any atom is -0.490 e. The molecule has 0 N–H and O–H groups in total. The Bertz CT molecular complexity index is 1200. The molecule has 1 aromatic heterocycles. The SMILES string of the molecule is CC(Oc1ccc2c(c1)oc1cc(Br)ccc12)C(=O)OCCOc1cccc(Cl)c1. The van der Waals surface area contributed by atoms with Crippen molar-refractivity contribution in [1.29, 1.82) is 0 Å². The van der Waals surface area contributed by atoms with Crippen LogP contribution in [-0.4, -0.2) is 25.3 Å². The molecule has 154 valence electrons. The van der Waals surface area contributed by atoms with Crippen LogP contribution in [0.3, 0.4) is 0 Å². The van der Waals surface area contributed by atoms with E-state index in [0.29, 0.717) is 22.1 Å². The monoisotopic (exact) mass is 488 g/mol. The number of carbonyl (C=O) groups excluding carboxylic acids is 1. The van der Waals surface area contributed by atoms with Gasteiger partial charge in [-0.1, -0.05) is 33.6 Å². The first-order chi connectivity index (χ1) is 14.5. The lowest BCUT2D eigenvalue weighted by Gasteiger charge is -2.14. The molecule has 7 heteroatoms. The van der Waals surface area contributed by atoms with Gasteiger partial charge in [0.2, 0.25) is 0 Å². The van der Waals surface area contributed by atoms with E-state index >= 15 is 0 Å². The van der Waals surface area contributed by atoms with Crippen LogP contribution in [0.5, 0.6) is 11.5 Å². The lowest BCUT2D eigenvalue weighted by Crippen LogP contribution is -2.27. The Balaban J connectivity index is 1.33. The minimum atomic E-state index is -0.771. The molecule has 1 atom stereocenters. The topological polar surface area (TPSA) is 57.9 Å². The summed E-state index contributed by atoms with van der Waals surface area (Å²) in [5.41, 5.74) is 1.47. The Morgan fingerprint density at radius 3 is 2.57 bits per heavy atom. The molecule has 0 fully saturated rings. The molecule has 0 aliphatic rings. The number of hydrogen-bond donors (Lipinski definition) is 0. The van der Waals surface area contributed by atoms with Gasteiger partial charge in [0.25, 0.3) is 0 Å². The highest BCUT2D eigenvalue weighted by atomic mass is 79.9. The van der Waals surface area contributed by atoms with Gasteiger partial charge in [0.15, 0.2) is 6.10 Å². The molecule has 0 saturated carbocycles. The predicted octanol–water partition coefficient (Wildman–Crippen LogP) is 6.39. The number of ether oxygens (including phenoxy) is 3. The summed E-state index contributed by atoms with van der Waals surface area (Å²) >= 11 is 9.35. The zero-order valence-electron chi connectivity index (χ0n) is 16.1. The molecule has 4 aromatic rings. The first-order valence-electron chi connectivity index (χ1n) is 9.33. The van der Waals surface area contributed by atoms with Crippen LogP contribution >= 0.6 is 27.5 Å².